The molecule has 0 aromatic heterocycles. The van der Waals surface area contributed by atoms with E-state index in [1.54, 1.807) is 0 Å². The lowest BCUT2D eigenvalue weighted by Gasteiger charge is -2.28. The first kappa shape index (κ1) is 17.3. The molecule has 3 rings (SSSR count). The minimum Gasteiger partial charge on any atom is -0.376 e. The van der Waals surface area contributed by atoms with E-state index in [9.17, 15) is 4.79 Å². The highest BCUT2D eigenvalue weighted by atomic mass is 16.1. The van der Waals surface area contributed by atoms with Crippen LogP contribution >= 0.6 is 0 Å². The summed E-state index contributed by atoms with van der Waals surface area (Å²) < 4.78 is 0. The van der Waals surface area contributed by atoms with E-state index in [-0.39, 0.29) is 12.5 Å². The topological polar surface area (TPSA) is 44.4 Å². The molecule has 132 valence electrons. The van der Waals surface area contributed by atoms with Gasteiger partial charge in [-0.1, -0.05) is 19.1 Å². The minimum atomic E-state index is -0.0368. The molecule has 1 amide bonds. The summed E-state index contributed by atoms with van der Waals surface area (Å²) in [7, 11) is 0. The Kier molecular flexibility index (Phi) is 5.94. The highest BCUT2D eigenvalue weighted by Crippen LogP contribution is 2.21. The molecular formula is C21H27N3O. The summed E-state index contributed by atoms with van der Waals surface area (Å²) in [6, 6.07) is 16.4. The Morgan fingerprint density at radius 1 is 0.920 bits per heavy atom. The van der Waals surface area contributed by atoms with E-state index in [4.69, 9.17) is 0 Å². The second-order valence-electron chi connectivity index (χ2n) is 6.55. The Hall–Kier alpha value is -2.49. The first-order chi connectivity index (χ1) is 12.2. The van der Waals surface area contributed by atoms with Crippen LogP contribution in [0.2, 0.25) is 0 Å². The zero-order chi connectivity index (χ0) is 17.5. The molecular weight excluding hydrogens is 310 g/mol. The molecule has 0 bridgehead atoms. The molecule has 2 N–H and O–H groups in total. The van der Waals surface area contributed by atoms with Crippen LogP contribution in [0.3, 0.4) is 0 Å². The SMILES string of the molecule is CCc1ccc(NCC(=O)Nc2ccc(N3CCCCC3)cc2)cc1. The van der Waals surface area contributed by atoms with Crippen molar-refractivity contribution < 1.29 is 4.79 Å². The number of carbonyl (C=O) groups is 1. The number of nitrogens with one attached hydrogen (secondary N) is 2. The predicted molar refractivity (Wildman–Crippen MR) is 105 cm³/mol. The smallest absolute Gasteiger partial charge is 0.243 e. The van der Waals surface area contributed by atoms with Crippen LogP contribution in [0.1, 0.15) is 31.7 Å². The zero-order valence-corrected chi connectivity index (χ0v) is 14.9. The van der Waals surface area contributed by atoms with Crippen molar-refractivity contribution in [2.45, 2.75) is 32.6 Å². The monoisotopic (exact) mass is 337 g/mol. The Bertz CT molecular complexity index is 673. The van der Waals surface area contributed by atoms with Crippen molar-refractivity contribution in [3.8, 4) is 0 Å². The number of anilines is 3. The number of benzene rings is 2. The average Bonchev–Trinajstić information content (AvgIpc) is 2.68. The average molecular weight is 337 g/mol. The van der Waals surface area contributed by atoms with Crippen LogP contribution in [0.5, 0.6) is 0 Å². The lowest BCUT2D eigenvalue weighted by atomic mass is 10.1. The van der Waals surface area contributed by atoms with Crippen molar-refractivity contribution >= 4 is 23.0 Å². The van der Waals surface area contributed by atoms with Crippen LogP contribution in [0.4, 0.5) is 17.1 Å². The number of piperidine rings is 1. The van der Waals surface area contributed by atoms with Gasteiger partial charge in [0.1, 0.15) is 0 Å². The molecule has 1 saturated heterocycles. The first-order valence-corrected chi connectivity index (χ1v) is 9.22. The number of nitrogens with zero attached hydrogens (tertiary/aromatic N) is 1. The van der Waals surface area contributed by atoms with Crippen molar-refractivity contribution in [2.75, 3.05) is 35.2 Å². The van der Waals surface area contributed by atoms with E-state index in [2.05, 4.69) is 46.7 Å². The van der Waals surface area contributed by atoms with Gasteiger partial charge in [0.2, 0.25) is 5.91 Å². The molecule has 1 aliphatic heterocycles. The van der Waals surface area contributed by atoms with Gasteiger partial charge in [-0.2, -0.15) is 0 Å². The number of aryl methyl sites for hydroxylation is 1. The molecule has 0 radical (unpaired) electrons. The van der Waals surface area contributed by atoms with Gasteiger partial charge < -0.3 is 15.5 Å². The predicted octanol–water partition coefficient (Wildman–Crippen LogP) is 4.29. The van der Waals surface area contributed by atoms with Crippen LogP contribution in [0.25, 0.3) is 0 Å². The van der Waals surface area contributed by atoms with Gasteiger partial charge in [-0.15, -0.1) is 0 Å². The molecule has 1 fully saturated rings. The first-order valence-electron chi connectivity index (χ1n) is 9.22. The third kappa shape index (κ3) is 4.99. The maximum Gasteiger partial charge on any atom is 0.243 e. The van der Waals surface area contributed by atoms with Crippen LogP contribution in [-0.4, -0.2) is 25.5 Å². The quantitative estimate of drug-likeness (QED) is 0.826. The summed E-state index contributed by atoms with van der Waals surface area (Å²) >= 11 is 0. The Balaban J connectivity index is 1.48. The number of carbonyl (C=O) groups excluding carboxylic acids is 1. The lowest BCUT2D eigenvalue weighted by molar-refractivity contribution is -0.114. The summed E-state index contributed by atoms with van der Waals surface area (Å²) in [5.74, 6) is -0.0368. The van der Waals surface area contributed by atoms with Gasteiger partial charge in [-0.3, -0.25) is 4.79 Å². The van der Waals surface area contributed by atoms with Crippen LogP contribution < -0.4 is 15.5 Å². The molecule has 2 aromatic carbocycles. The Labute approximate surface area is 150 Å². The minimum absolute atomic E-state index is 0.0368. The number of rotatable bonds is 6. The maximum absolute atomic E-state index is 12.1. The van der Waals surface area contributed by atoms with E-state index in [0.29, 0.717) is 0 Å². The van der Waals surface area contributed by atoms with Gasteiger partial charge in [0, 0.05) is 30.2 Å². The summed E-state index contributed by atoms with van der Waals surface area (Å²) in [6.45, 7) is 4.66. The fraction of sp³-hybridized carbons (Fsp3) is 0.381. The fourth-order valence-corrected chi connectivity index (χ4v) is 3.15. The van der Waals surface area contributed by atoms with Crippen molar-refractivity contribution in [3.63, 3.8) is 0 Å². The van der Waals surface area contributed by atoms with Crippen LogP contribution in [0, 0.1) is 0 Å². The third-order valence-corrected chi connectivity index (χ3v) is 4.69. The van der Waals surface area contributed by atoms with Gasteiger partial charge in [0.25, 0.3) is 0 Å². The molecule has 4 nitrogen and oxygen atoms in total. The van der Waals surface area contributed by atoms with E-state index < -0.39 is 0 Å². The molecule has 1 heterocycles. The highest BCUT2D eigenvalue weighted by molar-refractivity contribution is 5.93. The van der Waals surface area contributed by atoms with Crippen molar-refractivity contribution in [1.82, 2.24) is 0 Å². The molecule has 0 aliphatic carbocycles. The number of hydrogen-bond donors (Lipinski definition) is 2. The summed E-state index contributed by atoms with van der Waals surface area (Å²) in [4.78, 5) is 14.5. The summed E-state index contributed by atoms with van der Waals surface area (Å²) in [6.07, 6.45) is 4.89. The number of amides is 1. The van der Waals surface area contributed by atoms with Crippen LogP contribution in [-0.2, 0) is 11.2 Å². The standard InChI is InChI=1S/C21H27N3O/c1-2-17-6-8-18(9-7-17)22-16-21(25)23-19-10-12-20(13-11-19)24-14-4-3-5-15-24/h6-13,22H,2-5,14-16H2,1H3,(H,23,25). The molecule has 25 heavy (non-hydrogen) atoms. The Morgan fingerprint density at radius 2 is 1.56 bits per heavy atom. The zero-order valence-electron chi connectivity index (χ0n) is 14.9. The fourth-order valence-electron chi connectivity index (χ4n) is 3.15. The second kappa shape index (κ2) is 8.56. The molecule has 2 aromatic rings. The molecule has 0 atom stereocenters. The molecule has 1 aliphatic rings. The van der Waals surface area contributed by atoms with E-state index >= 15 is 0 Å². The van der Waals surface area contributed by atoms with E-state index in [1.807, 2.05) is 24.3 Å². The van der Waals surface area contributed by atoms with Crippen LogP contribution in [0.15, 0.2) is 48.5 Å². The second-order valence-corrected chi connectivity index (χ2v) is 6.55. The van der Waals surface area contributed by atoms with Gasteiger partial charge >= 0.3 is 0 Å². The largest absolute Gasteiger partial charge is 0.376 e. The van der Waals surface area contributed by atoms with Gasteiger partial charge in [0.15, 0.2) is 0 Å². The number of hydrogen-bond acceptors (Lipinski definition) is 3. The van der Waals surface area contributed by atoms with Gasteiger partial charge in [-0.05, 0) is 67.6 Å². The molecule has 0 unspecified atom stereocenters. The van der Waals surface area contributed by atoms with Gasteiger partial charge in [0.05, 0.1) is 6.54 Å². The van der Waals surface area contributed by atoms with Crippen molar-refractivity contribution in [3.05, 3.63) is 54.1 Å². The van der Waals surface area contributed by atoms with E-state index in [0.717, 1.165) is 30.9 Å². The lowest BCUT2D eigenvalue weighted by Crippen LogP contribution is -2.29. The molecule has 0 saturated carbocycles. The third-order valence-electron chi connectivity index (χ3n) is 4.69. The summed E-state index contributed by atoms with van der Waals surface area (Å²) in [5, 5.41) is 6.10. The van der Waals surface area contributed by atoms with Crippen molar-refractivity contribution in [1.29, 1.82) is 0 Å². The van der Waals surface area contributed by atoms with Crippen molar-refractivity contribution in [2.24, 2.45) is 0 Å². The van der Waals surface area contributed by atoms with Gasteiger partial charge in [-0.25, -0.2) is 0 Å². The normalized spacial score (nSPS) is 14.2. The maximum atomic E-state index is 12.1. The summed E-state index contributed by atoms with van der Waals surface area (Å²) in [5.41, 5.74) is 4.34. The molecule has 0 spiro atoms. The Morgan fingerprint density at radius 3 is 2.20 bits per heavy atom. The highest BCUT2D eigenvalue weighted by Gasteiger charge is 2.10. The molecule has 4 heteroatoms. The van der Waals surface area contributed by atoms with E-state index in [1.165, 1.54) is 30.5 Å².